The van der Waals surface area contributed by atoms with Crippen LogP contribution in [-0.2, 0) is 14.4 Å². The second-order valence-electron chi connectivity index (χ2n) is 0.939. The second-order valence-corrected chi connectivity index (χ2v) is 0.939. The summed E-state index contributed by atoms with van der Waals surface area (Å²) in [6.07, 6.45) is 0. The monoisotopic (exact) mass is 158 g/mol. The van der Waals surface area contributed by atoms with E-state index in [1.54, 1.807) is 0 Å². The Bertz CT molecular complexity index is 134. The van der Waals surface area contributed by atoms with E-state index in [9.17, 15) is 14.4 Å². The molecule has 5 nitrogen and oxygen atoms in total. The van der Waals surface area contributed by atoms with Crippen LogP contribution in [0.5, 0.6) is 0 Å². The molecule has 0 aliphatic carbocycles. The molecule has 2 N–H and O–H groups in total. The molecule has 44 valence electrons. The van der Waals surface area contributed by atoms with Crippen molar-refractivity contribution in [3.8, 4) is 0 Å². The van der Waals surface area contributed by atoms with E-state index in [1.165, 1.54) is 0 Å². The first-order chi connectivity index (χ1) is 3.55. The summed E-state index contributed by atoms with van der Waals surface area (Å²) in [7, 11) is 0. The topological polar surface area (TPSA) is 91.7 Å². The van der Waals surface area contributed by atoms with E-state index in [0.717, 1.165) is 0 Å². The Morgan fingerprint density at radius 2 is 1.11 bits per heavy atom. The van der Waals surface area contributed by atoms with Gasteiger partial charge in [-0.15, -0.1) is 0 Å². The molecule has 0 heterocycles. The Morgan fingerprint density at radius 3 is 1.11 bits per heavy atom. The molecule has 0 fully saturated rings. The van der Waals surface area contributed by atoms with Crippen molar-refractivity contribution >= 4 is 55.5 Å². The summed E-state index contributed by atoms with van der Waals surface area (Å²) in [5.41, 5.74) is 0. The average Bonchev–Trinajstić information content (AvgIpc) is 1.64. The molecular formula is C3H2CaO5+2. The molecule has 6 heteroatoms. The van der Waals surface area contributed by atoms with Gasteiger partial charge in [-0.1, -0.05) is 0 Å². The molecule has 0 aliphatic heterocycles. The van der Waals surface area contributed by atoms with Gasteiger partial charge < -0.3 is 10.2 Å². The minimum Gasteiger partial charge on any atom is -0.475 e. The number of carboxylic acid groups (broad SMARTS) is 2. The third-order valence-electron chi connectivity index (χ3n) is 0.388. The predicted octanol–water partition coefficient (Wildman–Crippen LogP) is -1.66. The maximum Gasteiger partial charge on any atom is 2.00 e. The van der Waals surface area contributed by atoms with Crippen LogP contribution in [0.2, 0.25) is 0 Å². The summed E-state index contributed by atoms with van der Waals surface area (Å²) in [5, 5.41) is 15.2. The second kappa shape index (κ2) is 4.72. The van der Waals surface area contributed by atoms with Crippen molar-refractivity contribution in [1.82, 2.24) is 0 Å². The van der Waals surface area contributed by atoms with E-state index in [2.05, 4.69) is 0 Å². The van der Waals surface area contributed by atoms with Crippen molar-refractivity contribution in [2.75, 3.05) is 0 Å². The number of hydrogen-bond donors (Lipinski definition) is 2. The number of Topliss-reactive ketones (excluding diaryl/α,β-unsaturated/α-hetero) is 1. The van der Waals surface area contributed by atoms with Gasteiger partial charge in [0.05, 0.1) is 0 Å². The van der Waals surface area contributed by atoms with E-state index in [1.807, 2.05) is 0 Å². The van der Waals surface area contributed by atoms with E-state index < -0.39 is 17.7 Å². The zero-order valence-corrected chi connectivity index (χ0v) is 6.53. The predicted molar refractivity (Wildman–Crippen MR) is 26.0 cm³/mol. The van der Waals surface area contributed by atoms with Gasteiger partial charge >= 0.3 is 55.5 Å². The molecule has 0 aromatic rings. The first-order valence-electron chi connectivity index (χ1n) is 1.56. The summed E-state index contributed by atoms with van der Waals surface area (Å²) in [6.45, 7) is 0. The van der Waals surface area contributed by atoms with Gasteiger partial charge in [-0.2, -0.15) is 0 Å². The van der Waals surface area contributed by atoms with Crippen molar-refractivity contribution in [1.29, 1.82) is 0 Å². The number of aliphatic carboxylic acids is 2. The van der Waals surface area contributed by atoms with Crippen molar-refractivity contribution in [2.24, 2.45) is 0 Å². The largest absolute Gasteiger partial charge is 2.00 e. The standard InChI is InChI=1S/C3H2O5.Ca/c4-1(2(5)6)3(7)8;/h(H,5,6)(H,7,8);/q;+2. The van der Waals surface area contributed by atoms with Crippen LogP contribution in [0.25, 0.3) is 0 Å². The summed E-state index contributed by atoms with van der Waals surface area (Å²) < 4.78 is 0. The van der Waals surface area contributed by atoms with Crippen molar-refractivity contribution in [3.05, 3.63) is 0 Å². The Balaban J connectivity index is 0. The Hall–Kier alpha value is -0.130. The number of ketones is 1. The van der Waals surface area contributed by atoms with Gasteiger partial charge in [-0.3, -0.25) is 4.79 Å². The Kier molecular flexibility index (Phi) is 6.11. The van der Waals surface area contributed by atoms with Gasteiger partial charge in [0.1, 0.15) is 0 Å². The number of carbonyl (C=O) groups excluding carboxylic acids is 1. The Labute approximate surface area is 79.7 Å². The molecule has 0 aromatic heterocycles. The van der Waals surface area contributed by atoms with E-state index in [0.29, 0.717) is 0 Å². The molecule has 0 aromatic carbocycles. The number of hydrogen-bond acceptors (Lipinski definition) is 3. The van der Waals surface area contributed by atoms with E-state index in [4.69, 9.17) is 10.2 Å². The van der Waals surface area contributed by atoms with Crippen molar-refractivity contribution in [2.45, 2.75) is 0 Å². The van der Waals surface area contributed by atoms with E-state index >= 15 is 0 Å². The fourth-order valence-corrected chi connectivity index (χ4v) is 0.0915. The van der Waals surface area contributed by atoms with Gasteiger partial charge in [-0.05, 0) is 0 Å². The normalized spacial score (nSPS) is 7.11. The smallest absolute Gasteiger partial charge is 0.475 e. The quantitative estimate of drug-likeness (QED) is 0.285. The number of rotatable bonds is 2. The fraction of sp³-hybridized carbons (Fsp3) is 0. The molecule has 0 spiro atoms. The van der Waals surface area contributed by atoms with Crippen LogP contribution < -0.4 is 0 Å². The van der Waals surface area contributed by atoms with Gasteiger partial charge in [0.15, 0.2) is 0 Å². The first kappa shape index (κ1) is 11.6. The zero-order valence-electron chi connectivity index (χ0n) is 4.33. The van der Waals surface area contributed by atoms with Gasteiger partial charge in [0.2, 0.25) is 0 Å². The number of carbonyl (C=O) groups is 3. The van der Waals surface area contributed by atoms with Crippen LogP contribution in [0.3, 0.4) is 0 Å². The summed E-state index contributed by atoms with van der Waals surface area (Å²) in [4.78, 5) is 28.5. The molecule has 0 saturated heterocycles. The molecule has 0 amide bonds. The SMILES string of the molecule is O=C(O)C(=O)C(=O)O.[Ca+2]. The molecule has 0 unspecified atom stereocenters. The zero-order chi connectivity index (χ0) is 6.73. The summed E-state index contributed by atoms with van der Waals surface area (Å²) >= 11 is 0. The molecule has 0 saturated carbocycles. The number of carboxylic acids is 2. The fourth-order valence-electron chi connectivity index (χ4n) is 0.0915. The molecule has 9 heavy (non-hydrogen) atoms. The third kappa shape index (κ3) is 4.38. The molecule has 0 bridgehead atoms. The van der Waals surface area contributed by atoms with Crippen LogP contribution in [-0.4, -0.2) is 65.7 Å². The molecule has 0 atom stereocenters. The Morgan fingerprint density at radius 1 is 0.889 bits per heavy atom. The summed E-state index contributed by atoms with van der Waals surface area (Å²) in [6, 6.07) is 0. The average molecular weight is 158 g/mol. The van der Waals surface area contributed by atoms with Crippen molar-refractivity contribution in [3.63, 3.8) is 0 Å². The van der Waals surface area contributed by atoms with Crippen molar-refractivity contribution < 1.29 is 24.6 Å². The maximum absolute atomic E-state index is 9.64. The van der Waals surface area contributed by atoms with Crippen LogP contribution in [0.4, 0.5) is 0 Å². The van der Waals surface area contributed by atoms with Crippen LogP contribution in [0.15, 0.2) is 0 Å². The van der Waals surface area contributed by atoms with Crippen LogP contribution in [0, 0.1) is 0 Å². The first-order valence-corrected chi connectivity index (χ1v) is 1.56. The van der Waals surface area contributed by atoms with Gasteiger partial charge in [-0.25, -0.2) is 9.59 Å². The molecule has 0 aliphatic rings. The minimum atomic E-state index is -1.95. The minimum absolute atomic E-state index is 0. The van der Waals surface area contributed by atoms with Gasteiger partial charge in [0, 0.05) is 0 Å². The van der Waals surface area contributed by atoms with Gasteiger partial charge in [0.25, 0.3) is 0 Å². The third-order valence-corrected chi connectivity index (χ3v) is 0.388. The van der Waals surface area contributed by atoms with Crippen LogP contribution >= 0.6 is 0 Å². The molecule has 0 rings (SSSR count). The van der Waals surface area contributed by atoms with Crippen LogP contribution in [0.1, 0.15) is 0 Å². The van der Waals surface area contributed by atoms with E-state index in [-0.39, 0.29) is 37.7 Å². The maximum atomic E-state index is 9.64. The summed E-state index contributed by atoms with van der Waals surface area (Å²) in [5.74, 6) is -5.71. The molecule has 0 radical (unpaired) electrons. The molecular weight excluding hydrogens is 156 g/mol.